The lowest BCUT2D eigenvalue weighted by Crippen LogP contribution is -2.55. The topological polar surface area (TPSA) is 105 Å². The molecule has 1 aromatic rings. The molecule has 1 heterocycles. The molecule has 2 rings (SSSR count). The Hall–Kier alpha value is -2.77. The third-order valence-electron chi connectivity index (χ3n) is 5.33. The molecule has 30 heavy (non-hydrogen) atoms. The summed E-state index contributed by atoms with van der Waals surface area (Å²) in [4.78, 5) is 41.4. The number of hydrogen-bond acceptors (Lipinski definition) is 5. The molecule has 0 saturated carbocycles. The second-order valence-corrected chi connectivity index (χ2v) is 8.90. The molecular formula is C22H29FN2O5. The number of hydrogen-bond donors (Lipinski definition) is 2. The Morgan fingerprint density at radius 1 is 1.30 bits per heavy atom. The van der Waals surface area contributed by atoms with Gasteiger partial charge in [-0.1, -0.05) is 58.0 Å². The number of carboxylic acid groups (broad SMARTS) is 1. The molecule has 0 aromatic heterocycles. The molecule has 2 atom stereocenters. The molecule has 0 aliphatic carbocycles. The first-order valence-corrected chi connectivity index (χ1v) is 9.88. The first kappa shape index (κ1) is 23.5. The van der Waals surface area contributed by atoms with Crippen LogP contribution >= 0.6 is 0 Å². The van der Waals surface area contributed by atoms with Crippen LogP contribution < -0.4 is 5.32 Å². The fraction of sp³-hybridized carbons (Fsp3) is 0.545. The van der Waals surface area contributed by atoms with E-state index in [1.165, 1.54) is 0 Å². The second kappa shape index (κ2) is 8.93. The number of nitrogens with one attached hydrogen (secondary N) is 1. The van der Waals surface area contributed by atoms with Crippen LogP contribution in [0.15, 0.2) is 29.4 Å². The Bertz CT molecular complexity index is 859. The molecule has 0 bridgehead atoms. The highest BCUT2D eigenvalue weighted by atomic mass is 19.1. The van der Waals surface area contributed by atoms with Gasteiger partial charge in [-0.05, 0) is 22.6 Å². The first-order chi connectivity index (χ1) is 13.9. The van der Waals surface area contributed by atoms with Gasteiger partial charge in [-0.15, -0.1) is 0 Å². The normalized spacial score (nSPS) is 19.8. The Morgan fingerprint density at radius 2 is 1.97 bits per heavy atom. The number of halogens is 1. The zero-order valence-corrected chi connectivity index (χ0v) is 18.0. The van der Waals surface area contributed by atoms with Gasteiger partial charge in [0, 0.05) is 12.3 Å². The van der Waals surface area contributed by atoms with Crippen LogP contribution in [0.4, 0.5) is 4.39 Å². The molecule has 1 aliphatic heterocycles. The number of benzene rings is 1. The Labute approximate surface area is 175 Å². The number of ketones is 1. The monoisotopic (exact) mass is 420 g/mol. The zero-order chi connectivity index (χ0) is 22.7. The van der Waals surface area contributed by atoms with E-state index >= 15 is 0 Å². The minimum absolute atomic E-state index is 0.0701. The van der Waals surface area contributed by atoms with Crippen molar-refractivity contribution in [2.75, 3.05) is 6.67 Å². The van der Waals surface area contributed by atoms with E-state index in [2.05, 4.69) is 31.2 Å². The van der Waals surface area contributed by atoms with E-state index in [0.29, 0.717) is 5.71 Å². The standard InChI is InChI=1S/C22H29FN2O5/c1-13(2)22(20(29)24-16(10-19(27)28)18(26)12-23)11-17(25-30-22)14-7-6-8-15(9-14)21(3,4)5/h6-9,13,16H,10-12H2,1-5H3,(H,24,29)(H,27,28)/t16?,22-/m1/s1. The molecule has 1 aromatic carbocycles. The van der Waals surface area contributed by atoms with Gasteiger partial charge >= 0.3 is 5.97 Å². The maximum Gasteiger partial charge on any atom is 0.305 e. The Kier molecular flexibility index (Phi) is 7.00. The molecule has 0 radical (unpaired) electrons. The third kappa shape index (κ3) is 5.04. The van der Waals surface area contributed by atoms with E-state index in [4.69, 9.17) is 9.94 Å². The SMILES string of the molecule is CC(C)[C@@]1(C(=O)NC(CC(=O)O)C(=O)CF)CC(c2cccc(C(C)(C)C)c2)=NO1. The average Bonchev–Trinajstić information content (AvgIpc) is 3.13. The van der Waals surface area contributed by atoms with E-state index in [1.807, 2.05) is 24.3 Å². The Balaban J connectivity index is 2.27. The van der Waals surface area contributed by atoms with Gasteiger partial charge in [0.1, 0.15) is 12.7 Å². The summed E-state index contributed by atoms with van der Waals surface area (Å²) in [6.07, 6.45) is -0.558. The van der Waals surface area contributed by atoms with Gasteiger partial charge in [0.05, 0.1) is 12.1 Å². The summed E-state index contributed by atoms with van der Waals surface area (Å²) in [5.74, 6) is -3.34. The summed E-state index contributed by atoms with van der Waals surface area (Å²) in [6.45, 7) is 8.45. The quantitative estimate of drug-likeness (QED) is 0.673. The highest BCUT2D eigenvalue weighted by Crippen LogP contribution is 2.35. The summed E-state index contributed by atoms with van der Waals surface area (Å²) in [6, 6.07) is 6.34. The van der Waals surface area contributed by atoms with Crippen molar-refractivity contribution in [2.24, 2.45) is 11.1 Å². The molecule has 1 unspecified atom stereocenters. The fourth-order valence-corrected chi connectivity index (χ4v) is 3.26. The number of carbonyl (C=O) groups excluding carboxylic acids is 2. The van der Waals surface area contributed by atoms with Crippen molar-refractivity contribution in [2.45, 2.75) is 64.5 Å². The van der Waals surface area contributed by atoms with Crippen LogP contribution in [0.25, 0.3) is 0 Å². The van der Waals surface area contributed by atoms with Crippen molar-refractivity contribution in [3.8, 4) is 0 Å². The number of nitrogens with zero attached hydrogens (tertiary/aromatic N) is 1. The third-order valence-corrected chi connectivity index (χ3v) is 5.33. The summed E-state index contributed by atoms with van der Waals surface area (Å²) < 4.78 is 12.8. The van der Waals surface area contributed by atoms with Crippen molar-refractivity contribution in [1.82, 2.24) is 5.32 Å². The minimum atomic E-state index is -1.47. The molecule has 1 amide bonds. The first-order valence-electron chi connectivity index (χ1n) is 9.88. The van der Waals surface area contributed by atoms with Crippen molar-refractivity contribution in [3.05, 3.63) is 35.4 Å². The number of oxime groups is 1. The van der Waals surface area contributed by atoms with E-state index in [0.717, 1.165) is 11.1 Å². The van der Waals surface area contributed by atoms with Crippen LogP contribution in [0.3, 0.4) is 0 Å². The van der Waals surface area contributed by atoms with Crippen LogP contribution in [-0.4, -0.2) is 46.8 Å². The maximum absolute atomic E-state index is 13.0. The maximum atomic E-state index is 13.0. The highest BCUT2D eigenvalue weighted by molar-refractivity contribution is 6.06. The molecule has 7 nitrogen and oxygen atoms in total. The summed E-state index contributed by atoms with van der Waals surface area (Å²) in [7, 11) is 0. The number of carbonyl (C=O) groups is 3. The van der Waals surface area contributed by atoms with Crippen LogP contribution in [0.2, 0.25) is 0 Å². The van der Waals surface area contributed by atoms with Crippen molar-refractivity contribution < 1.29 is 28.7 Å². The fourth-order valence-electron chi connectivity index (χ4n) is 3.26. The molecule has 8 heteroatoms. The lowest BCUT2D eigenvalue weighted by Gasteiger charge is -2.30. The molecule has 0 fully saturated rings. The summed E-state index contributed by atoms with van der Waals surface area (Å²) in [5, 5.41) is 15.5. The molecule has 0 spiro atoms. The minimum Gasteiger partial charge on any atom is -0.481 e. The zero-order valence-electron chi connectivity index (χ0n) is 18.0. The molecule has 164 valence electrons. The number of aliphatic carboxylic acids is 1. The van der Waals surface area contributed by atoms with Gasteiger partial charge in [0.15, 0.2) is 5.78 Å². The lowest BCUT2D eigenvalue weighted by molar-refractivity contribution is -0.152. The van der Waals surface area contributed by atoms with E-state index in [1.54, 1.807) is 13.8 Å². The van der Waals surface area contributed by atoms with E-state index in [-0.39, 0.29) is 17.8 Å². The molecular weight excluding hydrogens is 391 g/mol. The van der Waals surface area contributed by atoms with Crippen LogP contribution in [-0.2, 0) is 24.6 Å². The number of alkyl halides is 1. The number of amides is 1. The predicted octanol–water partition coefficient (Wildman–Crippen LogP) is 3.00. The smallest absolute Gasteiger partial charge is 0.305 e. The largest absolute Gasteiger partial charge is 0.481 e. The van der Waals surface area contributed by atoms with E-state index < -0.39 is 42.4 Å². The van der Waals surface area contributed by atoms with Crippen LogP contribution in [0, 0.1) is 5.92 Å². The van der Waals surface area contributed by atoms with Gasteiger partial charge in [-0.2, -0.15) is 0 Å². The van der Waals surface area contributed by atoms with Gasteiger partial charge < -0.3 is 15.3 Å². The highest BCUT2D eigenvalue weighted by Gasteiger charge is 2.50. The Morgan fingerprint density at radius 3 is 2.50 bits per heavy atom. The lowest BCUT2D eigenvalue weighted by atomic mass is 9.81. The molecule has 1 aliphatic rings. The van der Waals surface area contributed by atoms with E-state index in [9.17, 15) is 18.8 Å². The molecule has 2 N–H and O–H groups in total. The van der Waals surface area contributed by atoms with Crippen molar-refractivity contribution in [3.63, 3.8) is 0 Å². The average molecular weight is 420 g/mol. The number of rotatable bonds is 8. The number of carboxylic acids is 1. The van der Waals surface area contributed by atoms with Gasteiger partial charge in [0.25, 0.3) is 5.91 Å². The van der Waals surface area contributed by atoms with Crippen molar-refractivity contribution in [1.29, 1.82) is 0 Å². The van der Waals surface area contributed by atoms with Gasteiger partial charge in [0.2, 0.25) is 5.60 Å². The van der Waals surface area contributed by atoms with Crippen LogP contribution in [0.1, 0.15) is 58.6 Å². The van der Waals surface area contributed by atoms with Gasteiger partial charge in [-0.3, -0.25) is 14.4 Å². The van der Waals surface area contributed by atoms with Crippen molar-refractivity contribution >= 4 is 23.4 Å². The van der Waals surface area contributed by atoms with Gasteiger partial charge in [-0.25, -0.2) is 4.39 Å². The predicted molar refractivity (Wildman–Crippen MR) is 110 cm³/mol. The molecule has 0 saturated heterocycles. The number of Topliss-reactive ketones (excluding diaryl/α,β-unsaturated/α-hetero) is 1. The second-order valence-electron chi connectivity index (χ2n) is 8.90. The summed E-state index contributed by atoms with van der Waals surface area (Å²) >= 11 is 0. The summed E-state index contributed by atoms with van der Waals surface area (Å²) in [5.41, 5.74) is 1.01. The van der Waals surface area contributed by atoms with Crippen LogP contribution in [0.5, 0.6) is 0 Å².